The molecule has 1 saturated heterocycles. The first-order chi connectivity index (χ1) is 9.95. The molecule has 4 nitrogen and oxygen atoms in total. The summed E-state index contributed by atoms with van der Waals surface area (Å²) in [4.78, 5) is 25.2. The summed E-state index contributed by atoms with van der Waals surface area (Å²) in [5.41, 5.74) is 0.662. The van der Waals surface area contributed by atoms with Crippen molar-refractivity contribution >= 4 is 23.6 Å². The van der Waals surface area contributed by atoms with E-state index >= 15 is 0 Å². The Kier molecular flexibility index (Phi) is 4.88. The molecule has 0 bridgehead atoms. The lowest BCUT2D eigenvalue weighted by atomic mass is 10.1. The van der Waals surface area contributed by atoms with E-state index in [2.05, 4.69) is 0 Å². The van der Waals surface area contributed by atoms with Crippen molar-refractivity contribution in [3.05, 3.63) is 35.1 Å². The maximum Gasteiger partial charge on any atom is 0.327 e. The van der Waals surface area contributed by atoms with Crippen molar-refractivity contribution in [2.75, 3.05) is 5.75 Å². The van der Waals surface area contributed by atoms with E-state index in [1.54, 1.807) is 13.0 Å². The Morgan fingerprint density at radius 1 is 1.48 bits per heavy atom. The number of rotatable bonds is 4. The van der Waals surface area contributed by atoms with Crippen LogP contribution >= 0.6 is 11.8 Å². The first kappa shape index (κ1) is 15.8. The van der Waals surface area contributed by atoms with E-state index in [1.807, 2.05) is 6.92 Å². The number of thioether (sulfide) groups is 1. The molecule has 1 aliphatic rings. The molecule has 0 saturated carbocycles. The summed E-state index contributed by atoms with van der Waals surface area (Å²) in [6.07, 6.45) is 1.54. The van der Waals surface area contributed by atoms with Gasteiger partial charge in [-0.15, -0.1) is 11.8 Å². The summed E-state index contributed by atoms with van der Waals surface area (Å²) in [6, 6.07) is 3.49. The lowest BCUT2D eigenvalue weighted by Gasteiger charge is -2.27. The lowest BCUT2D eigenvalue weighted by Crippen LogP contribution is -2.45. The zero-order valence-corrected chi connectivity index (χ0v) is 12.8. The molecule has 0 radical (unpaired) electrons. The van der Waals surface area contributed by atoms with Crippen molar-refractivity contribution in [1.82, 2.24) is 4.90 Å². The van der Waals surface area contributed by atoms with Gasteiger partial charge in [-0.2, -0.15) is 0 Å². The van der Waals surface area contributed by atoms with E-state index in [9.17, 15) is 19.1 Å². The van der Waals surface area contributed by atoms with Gasteiger partial charge < -0.3 is 10.0 Å². The van der Waals surface area contributed by atoms with E-state index in [0.717, 1.165) is 12.0 Å². The third-order valence-electron chi connectivity index (χ3n) is 3.50. The molecule has 1 aromatic rings. The van der Waals surface area contributed by atoms with E-state index in [1.165, 1.54) is 28.8 Å². The van der Waals surface area contributed by atoms with Gasteiger partial charge >= 0.3 is 5.97 Å². The summed E-state index contributed by atoms with van der Waals surface area (Å²) < 4.78 is 14.0. The second-order valence-corrected chi connectivity index (χ2v) is 6.34. The third kappa shape index (κ3) is 3.20. The van der Waals surface area contributed by atoms with Crippen LogP contribution in [-0.2, 0) is 4.79 Å². The molecule has 1 aliphatic heterocycles. The van der Waals surface area contributed by atoms with Gasteiger partial charge in [0.2, 0.25) is 0 Å². The number of carbonyl (C=O) groups is 2. The van der Waals surface area contributed by atoms with Crippen molar-refractivity contribution in [3.63, 3.8) is 0 Å². The summed E-state index contributed by atoms with van der Waals surface area (Å²) in [7, 11) is 0. The van der Waals surface area contributed by atoms with Crippen molar-refractivity contribution in [3.8, 4) is 0 Å². The Morgan fingerprint density at radius 2 is 2.19 bits per heavy atom. The van der Waals surface area contributed by atoms with Gasteiger partial charge in [0, 0.05) is 5.75 Å². The highest BCUT2D eigenvalue weighted by atomic mass is 32.2. The van der Waals surface area contributed by atoms with Gasteiger partial charge in [-0.1, -0.05) is 19.4 Å². The fourth-order valence-electron chi connectivity index (χ4n) is 2.43. The molecule has 2 atom stereocenters. The summed E-state index contributed by atoms with van der Waals surface area (Å²) >= 11 is 1.45. The van der Waals surface area contributed by atoms with Gasteiger partial charge in [0.05, 0.1) is 10.9 Å². The molecule has 0 aliphatic carbocycles. The monoisotopic (exact) mass is 311 g/mol. The minimum absolute atomic E-state index is 0.0598. The van der Waals surface area contributed by atoms with Crippen molar-refractivity contribution < 1.29 is 19.1 Å². The molecule has 21 heavy (non-hydrogen) atoms. The number of carboxylic acid groups (broad SMARTS) is 1. The second-order valence-electron chi connectivity index (χ2n) is 5.13. The maximum absolute atomic E-state index is 14.0. The maximum atomic E-state index is 14.0. The number of aliphatic carboxylic acids is 1. The molecule has 2 unspecified atom stereocenters. The largest absolute Gasteiger partial charge is 0.480 e. The molecular weight excluding hydrogens is 293 g/mol. The molecule has 114 valence electrons. The van der Waals surface area contributed by atoms with Crippen LogP contribution in [0.2, 0.25) is 0 Å². The van der Waals surface area contributed by atoms with Crippen molar-refractivity contribution in [2.45, 2.75) is 38.1 Å². The Morgan fingerprint density at radius 3 is 2.76 bits per heavy atom. The molecule has 1 fully saturated rings. The third-order valence-corrected chi connectivity index (χ3v) is 4.86. The molecule has 1 aromatic carbocycles. The van der Waals surface area contributed by atoms with Crippen LogP contribution in [0.25, 0.3) is 0 Å². The average Bonchev–Trinajstić information content (AvgIpc) is 2.82. The van der Waals surface area contributed by atoms with E-state index in [-0.39, 0.29) is 10.9 Å². The molecule has 1 amide bonds. The molecular formula is C15H18FNO3S. The molecule has 0 spiro atoms. The summed E-state index contributed by atoms with van der Waals surface area (Å²) in [5.74, 6) is -1.83. The SMILES string of the molecule is CCCC1SCC(C(=O)O)N1C(=O)c1ccc(C)cc1F. The van der Waals surface area contributed by atoms with Crippen LogP contribution in [0.15, 0.2) is 18.2 Å². The second kappa shape index (κ2) is 6.47. The molecule has 2 rings (SSSR count). The topological polar surface area (TPSA) is 57.6 Å². The number of carboxylic acids is 1. The van der Waals surface area contributed by atoms with Crippen molar-refractivity contribution in [1.29, 1.82) is 0 Å². The Bertz CT molecular complexity index is 564. The smallest absolute Gasteiger partial charge is 0.327 e. The lowest BCUT2D eigenvalue weighted by molar-refractivity contribution is -0.141. The Hall–Kier alpha value is -1.56. The van der Waals surface area contributed by atoms with Crippen LogP contribution in [0, 0.1) is 12.7 Å². The first-order valence-corrected chi connectivity index (χ1v) is 7.93. The van der Waals surface area contributed by atoms with Gasteiger partial charge in [0.1, 0.15) is 11.9 Å². The van der Waals surface area contributed by atoms with Crippen LogP contribution in [0.1, 0.15) is 35.7 Å². The fraction of sp³-hybridized carbons (Fsp3) is 0.467. The van der Waals surface area contributed by atoms with Gasteiger partial charge in [0.15, 0.2) is 0 Å². The van der Waals surface area contributed by atoms with E-state index in [4.69, 9.17) is 0 Å². The highest BCUT2D eigenvalue weighted by Gasteiger charge is 2.41. The van der Waals surface area contributed by atoms with E-state index < -0.39 is 23.7 Å². The number of amides is 1. The van der Waals surface area contributed by atoms with Gasteiger partial charge in [-0.3, -0.25) is 4.79 Å². The number of hydrogen-bond acceptors (Lipinski definition) is 3. The Labute approximate surface area is 127 Å². The fourth-order valence-corrected chi connectivity index (χ4v) is 3.94. The highest BCUT2D eigenvalue weighted by Crippen LogP contribution is 2.34. The Balaban J connectivity index is 2.34. The first-order valence-electron chi connectivity index (χ1n) is 6.89. The van der Waals surface area contributed by atoms with E-state index in [0.29, 0.717) is 12.2 Å². The zero-order valence-electron chi connectivity index (χ0n) is 12.0. The molecule has 1 N–H and O–H groups in total. The number of nitrogens with zero attached hydrogens (tertiary/aromatic N) is 1. The van der Waals surface area contributed by atoms with Gasteiger partial charge in [0.25, 0.3) is 5.91 Å². The van der Waals surface area contributed by atoms with Crippen LogP contribution in [0.5, 0.6) is 0 Å². The predicted molar refractivity (Wildman–Crippen MR) is 79.9 cm³/mol. The number of hydrogen-bond donors (Lipinski definition) is 1. The predicted octanol–water partition coefficient (Wildman–Crippen LogP) is 2.90. The van der Waals surface area contributed by atoms with Crippen LogP contribution in [0.3, 0.4) is 0 Å². The van der Waals surface area contributed by atoms with Gasteiger partial charge in [-0.25, -0.2) is 9.18 Å². The van der Waals surface area contributed by atoms with Crippen LogP contribution < -0.4 is 0 Å². The van der Waals surface area contributed by atoms with Gasteiger partial charge in [-0.05, 0) is 31.0 Å². The zero-order chi connectivity index (χ0) is 15.6. The summed E-state index contributed by atoms with van der Waals surface area (Å²) in [5, 5.41) is 9.07. The van der Waals surface area contributed by atoms with Crippen LogP contribution in [-0.4, -0.2) is 39.1 Å². The normalized spacial score (nSPS) is 21.6. The molecule has 1 heterocycles. The highest BCUT2D eigenvalue weighted by molar-refractivity contribution is 8.00. The number of halogens is 1. The quantitative estimate of drug-likeness (QED) is 0.929. The van der Waals surface area contributed by atoms with Crippen molar-refractivity contribution in [2.24, 2.45) is 0 Å². The minimum Gasteiger partial charge on any atom is -0.480 e. The average molecular weight is 311 g/mol. The molecule has 6 heteroatoms. The number of benzene rings is 1. The summed E-state index contributed by atoms with van der Waals surface area (Å²) in [6.45, 7) is 3.72. The number of aryl methyl sites for hydroxylation is 1. The van der Waals surface area contributed by atoms with Crippen LogP contribution in [0.4, 0.5) is 4.39 Å². The molecule has 0 aromatic heterocycles. The minimum atomic E-state index is -1.04. The number of carbonyl (C=O) groups excluding carboxylic acids is 1. The standard InChI is InChI=1S/C15H18FNO3S/c1-3-4-13-17(12(8-21-13)15(19)20)14(18)10-6-5-9(2)7-11(10)16/h5-7,12-13H,3-4,8H2,1-2H3,(H,19,20).